The average Bonchev–Trinajstić information content (AvgIpc) is 2.81. The molecule has 0 amide bonds. The van der Waals surface area contributed by atoms with E-state index < -0.39 is 0 Å². The van der Waals surface area contributed by atoms with Gasteiger partial charge in [0, 0.05) is 33.5 Å². The predicted octanol–water partition coefficient (Wildman–Crippen LogP) is 4.62. The van der Waals surface area contributed by atoms with Gasteiger partial charge in [-0.3, -0.25) is 4.79 Å². The monoisotopic (exact) mass is 452 g/mol. The van der Waals surface area contributed by atoms with E-state index in [1.54, 1.807) is 14.2 Å². The molecule has 0 spiro atoms. The van der Waals surface area contributed by atoms with Crippen LogP contribution in [0.25, 0.3) is 0 Å². The number of cyclic esters (lactones) is 1. The molecule has 7 heteroatoms. The van der Waals surface area contributed by atoms with Crippen LogP contribution in [0.3, 0.4) is 0 Å². The van der Waals surface area contributed by atoms with Crippen LogP contribution in [0.2, 0.25) is 0 Å². The Morgan fingerprint density at radius 3 is 2.38 bits per heavy atom. The van der Waals surface area contributed by atoms with E-state index >= 15 is 0 Å². The van der Waals surface area contributed by atoms with Gasteiger partial charge in [-0.25, -0.2) is 0 Å². The van der Waals surface area contributed by atoms with Gasteiger partial charge < -0.3 is 28.4 Å². The average molecular weight is 453 g/mol. The van der Waals surface area contributed by atoms with E-state index in [9.17, 15) is 4.79 Å². The molecular weight excluding hydrogens is 412 g/mol. The van der Waals surface area contributed by atoms with E-state index in [1.165, 1.54) is 0 Å². The van der Waals surface area contributed by atoms with Crippen LogP contribution in [-0.4, -0.2) is 58.2 Å². The molecule has 32 heavy (non-hydrogen) atoms. The van der Waals surface area contributed by atoms with Gasteiger partial charge in [-0.2, -0.15) is 0 Å². The Labute approximate surface area is 192 Å². The Morgan fingerprint density at radius 2 is 1.66 bits per heavy atom. The first-order valence-corrected chi connectivity index (χ1v) is 11.7. The molecular formula is C25H40O7. The van der Waals surface area contributed by atoms with Crippen molar-refractivity contribution in [1.29, 1.82) is 0 Å². The van der Waals surface area contributed by atoms with Crippen molar-refractivity contribution in [3.8, 4) is 0 Å². The van der Waals surface area contributed by atoms with Crippen LogP contribution in [0.1, 0.15) is 63.9 Å². The molecule has 1 saturated heterocycles. The molecule has 1 aliphatic rings. The standard InChI is InChI=1S/C25H40O7/c1-4-5-7-12-22-16-24(31-19-28-3)23(29-17-20-10-8-6-9-11-20)15-21(30-18-27-2)13-14-25(26)32-22/h6,8-11,21-24H,4-5,7,12-19H2,1-3H3/t21-,22+,23-,24-/m0/s1. The van der Waals surface area contributed by atoms with E-state index in [0.717, 1.165) is 31.2 Å². The lowest BCUT2D eigenvalue weighted by Gasteiger charge is -2.33. The summed E-state index contributed by atoms with van der Waals surface area (Å²) in [6.45, 7) is 2.94. The normalized spacial score (nSPS) is 24.8. The highest BCUT2D eigenvalue weighted by Crippen LogP contribution is 2.26. The van der Waals surface area contributed by atoms with Crippen LogP contribution >= 0.6 is 0 Å². The zero-order chi connectivity index (χ0) is 23.0. The summed E-state index contributed by atoms with van der Waals surface area (Å²) in [5.41, 5.74) is 1.09. The van der Waals surface area contributed by atoms with E-state index in [-0.39, 0.29) is 44.0 Å². The summed E-state index contributed by atoms with van der Waals surface area (Å²) in [5, 5.41) is 0. The van der Waals surface area contributed by atoms with Crippen molar-refractivity contribution in [3.05, 3.63) is 35.9 Å². The first-order chi connectivity index (χ1) is 15.7. The predicted molar refractivity (Wildman–Crippen MR) is 121 cm³/mol. The van der Waals surface area contributed by atoms with Crippen molar-refractivity contribution >= 4 is 5.97 Å². The molecule has 2 rings (SSSR count). The van der Waals surface area contributed by atoms with Crippen molar-refractivity contribution < 1.29 is 33.2 Å². The van der Waals surface area contributed by atoms with E-state index in [2.05, 4.69) is 6.92 Å². The van der Waals surface area contributed by atoms with Crippen LogP contribution < -0.4 is 0 Å². The Balaban J connectivity index is 2.18. The number of unbranched alkanes of at least 4 members (excludes halogenated alkanes) is 2. The first kappa shape index (κ1) is 26.7. The maximum atomic E-state index is 12.5. The molecule has 0 aromatic heterocycles. The highest BCUT2D eigenvalue weighted by Gasteiger charge is 2.32. The molecule has 0 bridgehead atoms. The molecule has 7 nitrogen and oxygen atoms in total. The minimum atomic E-state index is -0.287. The number of ether oxygens (including phenoxy) is 6. The van der Waals surface area contributed by atoms with E-state index in [1.807, 2.05) is 30.3 Å². The number of hydrogen-bond acceptors (Lipinski definition) is 7. The highest BCUT2D eigenvalue weighted by molar-refractivity contribution is 5.69. The summed E-state index contributed by atoms with van der Waals surface area (Å²) < 4.78 is 34.4. The molecule has 1 aromatic carbocycles. The van der Waals surface area contributed by atoms with Crippen LogP contribution in [0.4, 0.5) is 0 Å². The zero-order valence-electron chi connectivity index (χ0n) is 19.8. The lowest BCUT2D eigenvalue weighted by Crippen LogP contribution is -2.40. The van der Waals surface area contributed by atoms with Gasteiger partial charge in [-0.1, -0.05) is 50.1 Å². The van der Waals surface area contributed by atoms with Crippen molar-refractivity contribution in [2.45, 2.75) is 89.3 Å². The number of rotatable bonds is 13. The summed E-state index contributed by atoms with van der Waals surface area (Å²) in [7, 11) is 3.19. The van der Waals surface area contributed by atoms with Gasteiger partial charge in [0.05, 0.1) is 24.9 Å². The van der Waals surface area contributed by atoms with Crippen LogP contribution in [0.15, 0.2) is 30.3 Å². The second-order valence-electron chi connectivity index (χ2n) is 8.26. The Morgan fingerprint density at radius 1 is 0.938 bits per heavy atom. The molecule has 1 heterocycles. The van der Waals surface area contributed by atoms with Gasteiger partial charge in [-0.15, -0.1) is 0 Å². The summed E-state index contributed by atoms with van der Waals surface area (Å²) >= 11 is 0. The fraction of sp³-hybridized carbons (Fsp3) is 0.720. The number of carbonyl (C=O) groups is 1. The maximum absolute atomic E-state index is 12.5. The Kier molecular flexibility index (Phi) is 13.5. The van der Waals surface area contributed by atoms with Crippen molar-refractivity contribution in [1.82, 2.24) is 0 Å². The zero-order valence-corrected chi connectivity index (χ0v) is 19.8. The topological polar surface area (TPSA) is 72.5 Å². The van der Waals surface area contributed by atoms with E-state index in [0.29, 0.717) is 32.3 Å². The molecule has 0 unspecified atom stereocenters. The van der Waals surface area contributed by atoms with E-state index in [4.69, 9.17) is 28.4 Å². The second-order valence-corrected chi connectivity index (χ2v) is 8.26. The van der Waals surface area contributed by atoms with Gasteiger partial charge in [0.15, 0.2) is 0 Å². The molecule has 4 atom stereocenters. The third kappa shape index (κ3) is 10.4. The first-order valence-electron chi connectivity index (χ1n) is 11.7. The number of carbonyl (C=O) groups excluding carboxylic acids is 1. The SMILES string of the molecule is CCCCC[C@@H]1C[C@H](OCOC)[C@@H](OCc2ccccc2)C[C@@H](OCOC)CCC(=O)O1. The Hall–Kier alpha value is -1.51. The fourth-order valence-electron chi connectivity index (χ4n) is 3.91. The lowest BCUT2D eigenvalue weighted by molar-refractivity contribution is -0.175. The molecule has 0 N–H and O–H groups in total. The smallest absolute Gasteiger partial charge is 0.306 e. The molecule has 1 aromatic rings. The van der Waals surface area contributed by atoms with Crippen molar-refractivity contribution in [2.75, 3.05) is 27.8 Å². The van der Waals surface area contributed by atoms with Crippen LogP contribution in [0.5, 0.6) is 0 Å². The van der Waals surface area contributed by atoms with Gasteiger partial charge in [0.1, 0.15) is 19.7 Å². The summed E-state index contributed by atoms with van der Waals surface area (Å²) in [4.78, 5) is 12.5. The number of esters is 1. The minimum Gasteiger partial charge on any atom is -0.462 e. The third-order valence-corrected chi connectivity index (χ3v) is 5.63. The summed E-state index contributed by atoms with van der Waals surface area (Å²) in [6, 6.07) is 10.1. The number of benzene rings is 1. The summed E-state index contributed by atoms with van der Waals surface area (Å²) in [6.07, 6.45) is 5.16. The van der Waals surface area contributed by atoms with Gasteiger partial charge in [0.25, 0.3) is 0 Å². The molecule has 1 fully saturated rings. The molecule has 182 valence electrons. The maximum Gasteiger partial charge on any atom is 0.306 e. The summed E-state index contributed by atoms with van der Waals surface area (Å²) in [5.74, 6) is -0.188. The second kappa shape index (κ2) is 16.2. The van der Waals surface area contributed by atoms with Crippen molar-refractivity contribution in [3.63, 3.8) is 0 Å². The molecule has 0 saturated carbocycles. The molecule has 1 aliphatic heterocycles. The molecule has 0 aliphatic carbocycles. The van der Waals surface area contributed by atoms with Gasteiger partial charge in [-0.05, 0) is 24.8 Å². The van der Waals surface area contributed by atoms with Gasteiger partial charge >= 0.3 is 5.97 Å². The largest absolute Gasteiger partial charge is 0.462 e. The molecule has 0 radical (unpaired) electrons. The van der Waals surface area contributed by atoms with Crippen LogP contribution in [0, 0.1) is 0 Å². The Bertz CT molecular complexity index is 610. The minimum absolute atomic E-state index is 0.148. The number of hydrogen-bond donors (Lipinski definition) is 0. The third-order valence-electron chi connectivity index (χ3n) is 5.63. The quantitative estimate of drug-likeness (QED) is 0.246. The number of methoxy groups -OCH3 is 2. The van der Waals surface area contributed by atoms with Crippen LogP contribution in [-0.2, 0) is 39.8 Å². The highest BCUT2D eigenvalue weighted by atomic mass is 16.7. The van der Waals surface area contributed by atoms with Gasteiger partial charge in [0.2, 0.25) is 0 Å². The van der Waals surface area contributed by atoms with Crippen molar-refractivity contribution in [2.24, 2.45) is 0 Å². The fourth-order valence-corrected chi connectivity index (χ4v) is 3.91. The lowest BCUT2D eigenvalue weighted by atomic mass is 9.95.